The van der Waals surface area contributed by atoms with E-state index in [1.54, 1.807) is 0 Å². The number of anilines is 1. The summed E-state index contributed by atoms with van der Waals surface area (Å²) in [5.74, 6) is 0.224. The second-order valence-corrected chi connectivity index (χ2v) is 7.76. The van der Waals surface area contributed by atoms with E-state index in [-0.39, 0.29) is 29.4 Å². The topological polar surface area (TPSA) is 54.0 Å². The van der Waals surface area contributed by atoms with Crippen molar-refractivity contribution >= 4 is 35.7 Å². The smallest absolute Gasteiger partial charge is 0.251 e. The lowest BCUT2D eigenvalue weighted by atomic mass is 9.90. The molecule has 0 unspecified atom stereocenters. The highest BCUT2D eigenvalue weighted by Crippen LogP contribution is 2.24. The molecule has 1 fully saturated rings. The fourth-order valence-corrected chi connectivity index (χ4v) is 3.65. The van der Waals surface area contributed by atoms with Gasteiger partial charge in [0.15, 0.2) is 0 Å². The Bertz CT molecular complexity index is 852. The first kappa shape index (κ1) is 22.4. The molecule has 0 spiro atoms. The van der Waals surface area contributed by atoms with Gasteiger partial charge in [0, 0.05) is 23.3 Å². The number of carbonyl (C=O) groups is 1. The summed E-state index contributed by atoms with van der Waals surface area (Å²) in [5, 5.41) is 6.55. The standard InChI is InChI=1S/C21H25ClFN3O.ClH/c1-12-10-13(2)20(24-14(12)3)25-16-5-7-17(8-6-16)26-21(27)15-4-9-19(23)18(22)11-15;/h4,9-11,16-17H,5-8H2,1-3H3,(H,24,25)(H,26,27);1H. The lowest BCUT2D eigenvalue weighted by Gasteiger charge is -2.30. The largest absolute Gasteiger partial charge is 0.367 e. The molecule has 4 nitrogen and oxygen atoms in total. The average molecular weight is 426 g/mol. The highest BCUT2D eigenvalue weighted by molar-refractivity contribution is 6.31. The molecule has 1 heterocycles. The second kappa shape index (κ2) is 9.57. The van der Waals surface area contributed by atoms with Crippen LogP contribution in [0.25, 0.3) is 0 Å². The molecule has 0 atom stereocenters. The number of nitrogens with one attached hydrogen (secondary N) is 2. The van der Waals surface area contributed by atoms with E-state index in [4.69, 9.17) is 11.6 Å². The van der Waals surface area contributed by atoms with Crippen LogP contribution >= 0.6 is 24.0 Å². The highest BCUT2D eigenvalue weighted by Gasteiger charge is 2.23. The predicted molar refractivity (Wildman–Crippen MR) is 114 cm³/mol. The minimum absolute atomic E-state index is 0. The van der Waals surface area contributed by atoms with Gasteiger partial charge in [-0.05, 0) is 75.8 Å². The first-order valence-electron chi connectivity index (χ1n) is 9.31. The van der Waals surface area contributed by atoms with Gasteiger partial charge in [0.05, 0.1) is 5.02 Å². The van der Waals surface area contributed by atoms with E-state index in [0.717, 1.165) is 42.8 Å². The van der Waals surface area contributed by atoms with Gasteiger partial charge in [-0.2, -0.15) is 0 Å². The Morgan fingerprint density at radius 3 is 2.36 bits per heavy atom. The van der Waals surface area contributed by atoms with Crippen LogP contribution in [0.3, 0.4) is 0 Å². The van der Waals surface area contributed by atoms with Crippen LogP contribution in [-0.2, 0) is 0 Å². The fourth-order valence-electron chi connectivity index (χ4n) is 3.47. The number of amides is 1. The van der Waals surface area contributed by atoms with Crippen molar-refractivity contribution in [3.05, 3.63) is 57.5 Å². The highest BCUT2D eigenvalue weighted by atomic mass is 35.5. The summed E-state index contributed by atoms with van der Waals surface area (Å²) in [6.07, 6.45) is 3.71. The van der Waals surface area contributed by atoms with Crippen LogP contribution in [-0.4, -0.2) is 23.0 Å². The minimum atomic E-state index is -0.518. The fraction of sp³-hybridized carbons (Fsp3) is 0.429. The van der Waals surface area contributed by atoms with Gasteiger partial charge in [-0.15, -0.1) is 12.4 Å². The first-order chi connectivity index (χ1) is 12.8. The van der Waals surface area contributed by atoms with Crippen molar-refractivity contribution in [3.63, 3.8) is 0 Å². The number of nitrogens with zero attached hydrogens (tertiary/aromatic N) is 1. The monoisotopic (exact) mass is 425 g/mol. The molecule has 0 aliphatic heterocycles. The number of rotatable bonds is 4. The molecule has 0 bridgehead atoms. The number of halogens is 3. The molecule has 7 heteroatoms. The Kier molecular flexibility index (Phi) is 7.67. The summed E-state index contributed by atoms with van der Waals surface area (Å²) >= 11 is 5.76. The maximum absolute atomic E-state index is 13.2. The van der Waals surface area contributed by atoms with Crippen LogP contribution in [0.5, 0.6) is 0 Å². The van der Waals surface area contributed by atoms with Crippen LogP contribution in [0.2, 0.25) is 5.02 Å². The summed E-state index contributed by atoms with van der Waals surface area (Å²) in [7, 11) is 0. The molecule has 1 aromatic carbocycles. The molecule has 1 saturated carbocycles. The molecule has 1 aromatic heterocycles. The van der Waals surface area contributed by atoms with Gasteiger partial charge < -0.3 is 10.6 Å². The van der Waals surface area contributed by atoms with Crippen LogP contribution in [0.4, 0.5) is 10.2 Å². The summed E-state index contributed by atoms with van der Waals surface area (Å²) in [6, 6.07) is 6.67. The summed E-state index contributed by atoms with van der Waals surface area (Å²) in [6.45, 7) is 6.16. The van der Waals surface area contributed by atoms with Crippen molar-refractivity contribution in [1.82, 2.24) is 10.3 Å². The van der Waals surface area contributed by atoms with Crippen molar-refractivity contribution in [2.75, 3.05) is 5.32 Å². The maximum atomic E-state index is 13.2. The Morgan fingerprint density at radius 2 is 1.71 bits per heavy atom. The molecule has 3 rings (SSSR count). The van der Waals surface area contributed by atoms with E-state index >= 15 is 0 Å². The third kappa shape index (κ3) is 5.36. The molecule has 1 aliphatic rings. The van der Waals surface area contributed by atoms with Crippen molar-refractivity contribution in [3.8, 4) is 0 Å². The lowest BCUT2D eigenvalue weighted by molar-refractivity contribution is 0.0926. The molecule has 2 N–H and O–H groups in total. The molecular weight excluding hydrogens is 400 g/mol. The van der Waals surface area contributed by atoms with E-state index < -0.39 is 5.82 Å². The Labute approximate surface area is 176 Å². The zero-order chi connectivity index (χ0) is 19.6. The third-order valence-corrected chi connectivity index (χ3v) is 5.53. The molecule has 2 aromatic rings. The number of carbonyl (C=O) groups excluding carboxylic acids is 1. The number of benzene rings is 1. The Hall–Kier alpha value is -1.85. The SMILES string of the molecule is Cc1cc(C)c(NC2CCC(NC(=O)c3ccc(F)c(Cl)c3)CC2)nc1C.Cl. The Morgan fingerprint density at radius 1 is 1.07 bits per heavy atom. The molecule has 1 aliphatic carbocycles. The van der Waals surface area contributed by atoms with Gasteiger partial charge in [-0.1, -0.05) is 17.7 Å². The molecule has 28 heavy (non-hydrogen) atoms. The number of pyridine rings is 1. The van der Waals surface area contributed by atoms with Gasteiger partial charge in [0.1, 0.15) is 11.6 Å². The van der Waals surface area contributed by atoms with Gasteiger partial charge in [-0.25, -0.2) is 9.37 Å². The lowest BCUT2D eigenvalue weighted by Crippen LogP contribution is -2.40. The van der Waals surface area contributed by atoms with Gasteiger partial charge in [0.2, 0.25) is 0 Å². The normalized spacial score (nSPS) is 18.9. The van der Waals surface area contributed by atoms with Crippen LogP contribution in [0.1, 0.15) is 52.9 Å². The van der Waals surface area contributed by atoms with Crippen molar-refractivity contribution < 1.29 is 9.18 Å². The maximum Gasteiger partial charge on any atom is 0.251 e. The van der Waals surface area contributed by atoms with E-state index in [9.17, 15) is 9.18 Å². The van der Waals surface area contributed by atoms with Crippen molar-refractivity contribution in [2.45, 2.75) is 58.5 Å². The van der Waals surface area contributed by atoms with Crippen molar-refractivity contribution in [2.24, 2.45) is 0 Å². The summed E-state index contributed by atoms with van der Waals surface area (Å²) in [5.41, 5.74) is 3.78. The van der Waals surface area contributed by atoms with Crippen LogP contribution in [0, 0.1) is 26.6 Å². The molecule has 1 amide bonds. The molecule has 0 radical (unpaired) electrons. The van der Waals surface area contributed by atoms with Gasteiger partial charge >= 0.3 is 0 Å². The summed E-state index contributed by atoms with van der Waals surface area (Å²) in [4.78, 5) is 17.0. The number of aryl methyl sites for hydroxylation is 3. The van der Waals surface area contributed by atoms with E-state index in [0.29, 0.717) is 11.6 Å². The van der Waals surface area contributed by atoms with Gasteiger partial charge in [0.25, 0.3) is 5.91 Å². The summed E-state index contributed by atoms with van der Waals surface area (Å²) < 4.78 is 13.2. The molecular formula is C21H26Cl2FN3O. The zero-order valence-corrected chi connectivity index (χ0v) is 17.9. The third-order valence-electron chi connectivity index (χ3n) is 5.24. The zero-order valence-electron chi connectivity index (χ0n) is 16.3. The van der Waals surface area contributed by atoms with E-state index in [1.165, 1.54) is 23.8 Å². The van der Waals surface area contributed by atoms with Gasteiger partial charge in [-0.3, -0.25) is 4.79 Å². The first-order valence-corrected chi connectivity index (χ1v) is 9.68. The number of aromatic nitrogens is 1. The Balaban J connectivity index is 0.00000280. The van der Waals surface area contributed by atoms with E-state index in [2.05, 4.69) is 35.5 Å². The van der Waals surface area contributed by atoms with Crippen LogP contribution in [0.15, 0.2) is 24.3 Å². The molecule has 152 valence electrons. The second-order valence-electron chi connectivity index (χ2n) is 7.35. The average Bonchev–Trinajstić information content (AvgIpc) is 2.63. The van der Waals surface area contributed by atoms with E-state index in [1.807, 2.05) is 6.92 Å². The van der Waals surface area contributed by atoms with Crippen molar-refractivity contribution in [1.29, 1.82) is 0 Å². The minimum Gasteiger partial charge on any atom is -0.367 e. The number of hydrogen-bond donors (Lipinski definition) is 2. The number of hydrogen-bond acceptors (Lipinski definition) is 3. The van der Waals surface area contributed by atoms with Crippen LogP contribution < -0.4 is 10.6 Å². The molecule has 0 saturated heterocycles. The quantitative estimate of drug-likeness (QED) is 0.691. The predicted octanol–water partition coefficient (Wildman–Crippen LogP) is 5.37.